The summed E-state index contributed by atoms with van der Waals surface area (Å²) in [6, 6.07) is 1.46. The van der Waals surface area contributed by atoms with E-state index in [2.05, 4.69) is 10.4 Å². The summed E-state index contributed by atoms with van der Waals surface area (Å²) < 4.78 is 1.70. The first-order valence-corrected chi connectivity index (χ1v) is 6.18. The first-order chi connectivity index (χ1) is 8.66. The molecule has 1 aromatic heterocycles. The highest BCUT2D eigenvalue weighted by atomic mass is 16.2. The van der Waals surface area contributed by atoms with Gasteiger partial charge >= 0.3 is 0 Å². The molecule has 0 bridgehead atoms. The number of aryl methyl sites for hydroxylation is 1. The number of hydrogen-bond donors (Lipinski definition) is 1. The van der Waals surface area contributed by atoms with Crippen LogP contribution in [0.4, 0.5) is 0 Å². The molecule has 0 spiro atoms. The van der Waals surface area contributed by atoms with Crippen LogP contribution in [0.25, 0.3) is 0 Å². The lowest BCUT2D eigenvalue weighted by atomic mass is 10.1. The molecule has 0 radical (unpaired) electrons. The minimum absolute atomic E-state index is 0.00805. The number of nitrogens with zero attached hydrogens (tertiary/aromatic N) is 3. The van der Waals surface area contributed by atoms with Crippen LogP contribution in [0.2, 0.25) is 0 Å². The Morgan fingerprint density at radius 3 is 3.17 bits per heavy atom. The zero-order valence-electron chi connectivity index (χ0n) is 10.5. The van der Waals surface area contributed by atoms with Gasteiger partial charge < -0.3 is 10.2 Å². The third kappa shape index (κ3) is 3.09. The average molecular weight is 250 g/mol. The van der Waals surface area contributed by atoms with E-state index in [0.29, 0.717) is 13.0 Å². The first-order valence-electron chi connectivity index (χ1n) is 6.18. The number of carbonyl (C=O) groups excluding carboxylic acids is 2. The van der Waals surface area contributed by atoms with Gasteiger partial charge in [0.05, 0.1) is 0 Å². The number of carbonyl (C=O) groups is 2. The van der Waals surface area contributed by atoms with Gasteiger partial charge in [0.2, 0.25) is 11.8 Å². The molecule has 2 heterocycles. The van der Waals surface area contributed by atoms with Crippen LogP contribution in [0.5, 0.6) is 0 Å². The minimum atomic E-state index is -0.353. The van der Waals surface area contributed by atoms with Crippen molar-refractivity contribution >= 4 is 11.8 Å². The van der Waals surface area contributed by atoms with Gasteiger partial charge in [-0.3, -0.25) is 14.3 Å². The quantitative estimate of drug-likeness (QED) is 0.818. The van der Waals surface area contributed by atoms with Crippen LogP contribution < -0.4 is 5.32 Å². The van der Waals surface area contributed by atoms with Crippen molar-refractivity contribution in [2.75, 3.05) is 13.6 Å². The van der Waals surface area contributed by atoms with Crippen molar-refractivity contribution in [2.24, 2.45) is 0 Å². The van der Waals surface area contributed by atoms with E-state index >= 15 is 0 Å². The summed E-state index contributed by atoms with van der Waals surface area (Å²) >= 11 is 0. The lowest BCUT2D eigenvalue weighted by Crippen LogP contribution is -2.50. The van der Waals surface area contributed by atoms with Crippen molar-refractivity contribution < 1.29 is 9.59 Å². The normalized spacial score (nSPS) is 19.9. The third-order valence-electron chi connectivity index (χ3n) is 3.12. The Hall–Kier alpha value is -1.85. The standard InChI is InChI=1S/C12H18N4O2/c1-15-7-2-4-10(12(15)18)14-11(17)5-9-16-8-3-6-13-16/h3,6,8,10H,2,4-5,7,9H2,1H3,(H,14,17). The number of rotatable bonds is 4. The molecule has 0 aromatic carbocycles. The molecule has 0 saturated carbocycles. The lowest BCUT2D eigenvalue weighted by molar-refractivity contribution is -0.137. The Morgan fingerprint density at radius 1 is 1.61 bits per heavy atom. The van der Waals surface area contributed by atoms with Gasteiger partial charge in [-0.05, 0) is 18.9 Å². The molecule has 2 amide bonds. The zero-order chi connectivity index (χ0) is 13.0. The highest BCUT2D eigenvalue weighted by molar-refractivity contribution is 5.87. The van der Waals surface area contributed by atoms with Crippen molar-refractivity contribution in [3.05, 3.63) is 18.5 Å². The summed E-state index contributed by atoms with van der Waals surface area (Å²) in [5.74, 6) is -0.0900. The van der Waals surface area contributed by atoms with E-state index in [4.69, 9.17) is 0 Å². The molecule has 18 heavy (non-hydrogen) atoms. The van der Waals surface area contributed by atoms with Gasteiger partial charge in [-0.15, -0.1) is 0 Å². The summed E-state index contributed by atoms with van der Waals surface area (Å²) in [7, 11) is 1.77. The summed E-state index contributed by atoms with van der Waals surface area (Å²) in [6.45, 7) is 1.31. The fourth-order valence-corrected chi connectivity index (χ4v) is 2.08. The number of nitrogens with one attached hydrogen (secondary N) is 1. The topological polar surface area (TPSA) is 67.2 Å². The minimum Gasteiger partial charge on any atom is -0.344 e. The number of amides is 2. The van der Waals surface area contributed by atoms with Crippen LogP contribution in [0.1, 0.15) is 19.3 Å². The molecule has 1 aliphatic rings. The van der Waals surface area contributed by atoms with Gasteiger partial charge in [0.25, 0.3) is 0 Å². The van der Waals surface area contributed by atoms with Gasteiger partial charge in [-0.25, -0.2) is 0 Å². The van der Waals surface area contributed by atoms with E-state index < -0.39 is 0 Å². The number of likely N-dealkylation sites (tertiary alicyclic amines) is 1. The molecule has 1 aliphatic heterocycles. The van der Waals surface area contributed by atoms with Crippen LogP contribution in [0.3, 0.4) is 0 Å². The van der Waals surface area contributed by atoms with Gasteiger partial charge in [-0.1, -0.05) is 0 Å². The maximum absolute atomic E-state index is 11.8. The summed E-state index contributed by atoms with van der Waals surface area (Å²) in [4.78, 5) is 25.2. The SMILES string of the molecule is CN1CCCC(NC(=O)CCn2cccn2)C1=O. The van der Waals surface area contributed by atoms with Crippen LogP contribution in [0, 0.1) is 0 Å². The van der Waals surface area contributed by atoms with Crippen LogP contribution in [0.15, 0.2) is 18.5 Å². The smallest absolute Gasteiger partial charge is 0.244 e. The molecular formula is C12H18N4O2. The predicted molar refractivity (Wildman–Crippen MR) is 65.6 cm³/mol. The number of likely N-dealkylation sites (N-methyl/N-ethyl adjacent to an activating group) is 1. The molecular weight excluding hydrogens is 232 g/mol. The molecule has 1 aromatic rings. The second-order valence-electron chi connectivity index (χ2n) is 4.54. The maximum atomic E-state index is 11.8. The molecule has 1 atom stereocenters. The molecule has 1 unspecified atom stereocenters. The van der Waals surface area contributed by atoms with Crippen LogP contribution in [-0.4, -0.2) is 46.1 Å². The van der Waals surface area contributed by atoms with Gasteiger partial charge in [0.1, 0.15) is 6.04 Å². The van der Waals surface area contributed by atoms with Gasteiger partial charge in [0.15, 0.2) is 0 Å². The Balaban J connectivity index is 1.78. The molecule has 1 fully saturated rings. The van der Waals surface area contributed by atoms with E-state index in [-0.39, 0.29) is 17.9 Å². The fourth-order valence-electron chi connectivity index (χ4n) is 2.08. The molecule has 2 rings (SSSR count). The third-order valence-corrected chi connectivity index (χ3v) is 3.12. The van der Waals surface area contributed by atoms with Crippen molar-refractivity contribution in [1.82, 2.24) is 20.0 Å². The Morgan fingerprint density at radius 2 is 2.44 bits per heavy atom. The summed E-state index contributed by atoms with van der Waals surface area (Å²) in [5, 5.41) is 6.81. The monoisotopic (exact) mass is 250 g/mol. The van der Waals surface area contributed by atoms with Crippen molar-refractivity contribution in [3.8, 4) is 0 Å². The molecule has 6 nitrogen and oxygen atoms in total. The van der Waals surface area contributed by atoms with Crippen molar-refractivity contribution in [3.63, 3.8) is 0 Å². The van der Waals surface area contributed by atoms with E-state index in [1.807, 2.05) is 12.3 Å². The second-order valence-corrected chi connectivity index (χ2v) is 4.54. The van der Waals surface area contributed by atoms with Crippen molar-refractivity contribution in [2.45, 2.75) is 31.8 Å². The molecule has 0 aliphatic carbocycles. The maximum Gasteiger partial charge on any atom is 0.244 e. The Kier molecular flexibility index (Phi) is 3.96. The lowest BCUT2D eigenvalue weighted by Gasteiger charge is -2.29. The van der Waals surface area contributed by atoms with Gasteiger partial charge in [-0.2, -0.15) is 5.10 Å². The van der Waals surface area contributed by atoms with E-state index in [1.54, 1.807) is 22.8 Å². The number of aromatic nitrogens is 2. The fraction of sp³-hybridized carbons (Fsp3) is 0.583. The second kappa shape index (κ2) is 5.66. The predicted octanol–water partition coefficient (Wildman–Crippen LogP) is 0.0102. The molecule has 1 N–H and O–H groups in total. The number of piperidine rings is 1. The van der Waals surface area contributed by atoms with E-state index in [0.717, 1.165) is 19.4 Å². The highest BCUT2D eigenvalue weighted by Crippen LogP contribution is 2.09. The van der Waals surface area contributed by atoms with Crippen LogP contribution >= 0.6 is 0 Å². The molecule has 98 valence electrons. The van der Waals surface area contributed by atoms with Gasteiger partial charge in [0, 0.05) is 39.0 Å². The summed E-state index contributed by atoms with van der Waals surface area (Å²) in [5.41, 5.74) is 0. The van der Waals surface area contributed by atoms with E-state index in [1.165, 1.54) is 0 Å². The van der Waals surface area contributed by atoms with Crippen molar-refractivity contribution in [1.29, 1.82) is 0 Å². The zero-order valence-corrected chi connectivity index (χ0v) is 10.5. The highest BCUT2D eigenvalue weighted by Gasteiger charge is 2.27. The largest absolute Gasteiger partial charge is 0.344 e. The first kappa shape index (κ1) is 12.6. The summed E-state index contributed by atoms with van der Waals surface area (Å²) in [6.07, 6.45) is 5.50. The molecule has 1 saturated heterocycles. The molecule has 6 heteroatoms. The van der Waals surface area contributed by atoms with Crippen LogP contribution in [-0.2, 0) is 16.1 Å². The van der Waals surface area contributed by atoms with E-state index in [9.17, 15) is 9.59 Å². The number of hydrogen-bond acceptors (Lipinski definition) is 3. The Bertz CT molecular complexity index is 416. The average Bonchev–Trinajstić information content (AvgIpc) is 2.86. The Labute approximate surface area is 106 Å².